The summed E-state index contributed by atoms with van der Waals surface area (Å²) in [5.74, 6) is 0.677. The Morgan fingerprint density at radius 3 is 1.72 bits per heavy atom. The van der Waals surface area contributed by atoms with Crippen LogP contribution in [0.4, 0.5) is 0 Å². The molecule has 6 aromatic carbocycles. The largest absolute Gasteiger partial charge is 0.255 e. The van der Waals surface area contributed by atoms with E-state index in [9.17, 15) is 0 Å². The summed E-state index contributed by atoms with van der Waals surface area (Å²) in [5.41, 5.74) is 14.5. The molecule has 0 unspecified atom stereocenters. The van der Waals surface area contributed by atoms with Gasteiger partial charge < -0.3 is 0 Å². The molecule has 4 heteroatoms. The molecule has 234 valence electrons. The Morgan fingerprint density at radius 2 is 0.980 bits per heavy atom. The van der Waals surface area contributed by atoms with E-state index in [2.05, 4.69) is 132 Å². The van der Waals surface area contributed by atoms with Gasteiger partial charge in [-0.05, 0) is 74.8 Å². The molecule has 3 nitrogen and oxygen atoms in total. The molecule has 1 aliphatic heterocycles. The molecule has 0 bridgehead atoms. The first-order valence-corrected chi connectivity index (χ1v) is 17.7. The van der Waals surface area contributed by atoms with Crippen molar-refractivity contribution in [3.05, 3.63) is 198 Å². The van der Waals surface area contributed by atoms with Crippen LogP contribution in [0.1, 0.15) is 22.3 Å². The lowest BCUT2D eigenvalue weighted by Gasteiger charge is -2.39. The van der Waals surface area contributed by atoms with E-state index >= 15 is 0 Å². The van der Waals surface area contributed by atoms with Crippen LogP contribution in [0.3, 0.4) is 0 Å². The van der Waals surface area contributed by atoms with Gasteiger partial charge in [0.2, 0.25) is 0 Å². The monoisotopic (exact) mass is 655 g/mol. The van der Waals surface area contributed by atoms with E-state index in [0.29, 0.717) is 5.82 Å². The van der Waals surface area contributed by atoms with Crippen LogP contribution in [0.15, 0.2) is 186 Å². The van der Waals surface area contributed by atoms with Crippen molar-refractivity contribution >= 4 is 11.8 Å². The van der Waals surface area contributed by atoms with Gasteiger partial charge >= 0.3 is 0 Å². The molecule has 2 aromatic heterocycles. The van der Waals surface area contributed by atoms with E-state index in [1.54, 1.807) is 6.20 Å². The maximum atomic E-state index is 5.02. The van der Waals surface area contributed by atoms with E-state index in [4.69, 9.17) is 9.97 Å². The molecule has 0 radical (unpaired) electrons. The topological polar surface area (TPSA) is 38.7 Å². The molecule has 0 saturated carbocycles. The van der Waals surface area contributed by atoms with Crippen LogP contribution in [-0.4, -0.2) is 15.0 Å². The SMILES string of the molecule is c1ccc(-c2cc(-c3ccccn3)nc(-c3ccc(-c4ccc5c(c4)Sc4ccccc4C54c5ccccc5-c5ccccc54)cc3)n2)cc1. The van der Waals surface area contributed by atoms with Gasteiger partial charge in [0, 0.05) is 27.1 Å². The number of fused-ring (bicyclic) bond motifs is 9. The zero-order valence-electron chi connectivity index (χ0n) is 27.0. The Morgan fingerprint density at radius 1 is 0.380 bits per heavy atom. The van der Waals surface area contributed by atoms with Gasteiger partial charge in [-0.2, -0.15) is 0 Å². The zero-order chi connectivity index (χ0) is 33.1. The van der Waals surface area contributed by atoms with Crippen LogP contribution in [0.25, 0.3) is 56.3 Å². The van der Waals surface area contributed by atoms with Crippen LogP contribution in [0, 0.1) is 0 Å². The fourth-order valence-electron chi connectivity index (χ4n) is 7.83. The van der Waals surface area contributed by atoms with Crippen LogP contribution in [-0.2, 0) is 5.41 Å². The van der Waals surface area contributed by atoms with E-state index in [-0.39, 0.29) is 5.41 Å². The fourth-order valence-corrected chi connectivity index (χ4v) is 9.06. The van der Waals surface area contributed by atoms with Crippen molar-refractivity contribution in [1.82, 2.24) is 15.0 Å². The number of nitrogens with zero attached hydrogens (tertiary/aromatic N) is 3. The van der Waals surface area contributed by atoms with E-state index in [1.807, 2.05) is 54.2 Å². The third-order valence-corrected chi connectivity index (χ3v) is 11.2. The second-order valence-corrected chi connectivity index (χ2v) is 13.9. The lowest BCUT2D eigenvalue weighted by atomic mass is 9.67. The van der Waals surface area contributed by atoms with E-state index < -0.39 is 0 Å². The second kappa shape index (κ2) is 11.5. The van der Waals surface area contributed by atoms with Crippen molar-refractivity contribution < 1.29 is 0 Å². The van der Waals surface area contributed by atoms with Crippen molar-refractivity contribution in [1.29, 1.82) is 0 Å². The first kappa shape index (κ1) is 28.9. The molecule has 1 spiro atoms. The number of hydrogen-bond donors (Lipinski definition) is 0. The van der Waals surface area contributed by atoms with Crippen molar-refractivity contribution in [2.45, 2.75) is 15.2 Å². The molecule has 8 aromatic rings. The van der Waals surface area contributed by atoms with Gasteiger partial charge in [0.15, 0.2) is 5.82 Å². The molecule has 2 aliphatic rings. The average Bonchev–Trinajstić information content (AvgIpc) is 3.49. The minimum absolute atomic E-state index is 0.362. The Labute approximate surface area is 295 Å². The van der Waals surface area contributed by atoms with Gasteiger partial charge in [-0.1, -0.05) is 151 Å². The first-order valence-electron chi connectivity index (χ1n) is 16.9. The van der Waals surface area contributed by atoms with E-state index in [0.717, 1.165) is 33.8 Å². The minimum Gasteiger partial charge on any atom is -0.255 e. The molecule has 50 heavy (non-hydrogen) atoms. The Bertz CT molecular complexity index is 2460. The quantitative estimate of drug-likeness (QED) is 0.189. The standard InChI is InChI=1S/C46H29N3S/c1-2-12-31(13-3-1)41-29-42(40-19-10-11-27-47-40)49-45(48-41)32-23-21-30(22-24-32)33-25-26-39-44(28-33)50-43-20-9-8-18-38(43)46(39)36-16-6-4-14-34(36)35-15-5-7-17-37(35)46/h1-29H. The molecular formula is C46H29N3S. The molecule has 0 saturated heterocycles. The normalized spacial score (nSPS) is 13.3. The number of rotatable bonds is 4. The zero-order valence-corrected chi connectivity index (χ0v) is 27.8. The molecule has 3 heterocycles. The van der Waals surface area contributed by atoms with Crippen LogP contribution in [0.5, 0.6) is 0 Å². The van der Waals surface area contributed by atoms with Gasteiger partial charge in [-0.3, -0.25) is 4.98 Å². The molecule has 0 N–H and O–H groups in total. The summed E-state index contributed by atoms with van der Waals surface area (Å²) in [6.45, 7) is 0. The number of pyridine rings is 1. The summed E-state index contributed by atoms with van der Waals surface area (Å²) in [4.78, 5) is 17.2. The molecular weight excluding hydrogens is 627 g/mol. The second-order valence-electron chi connectivity index (χ2n) is 12.8. The lowest BCUT2D eigenvalue weighted by Crippen LogP contribution is -2.31. The van der Waals surface area contributed by atoms with Gasteiger partial charge in [0.1, 0.15) is 0 Å². The summed E-state index contributed by atoms with van der Waals surface area (Å²) in [6.07, 6.45) is 1.80. The molecule has 0 atom stereocenters. The van der Waals surface area contributed by atoms with Crippen LogP contribution >= 0.6 is 11.8 Å². The van der Waals surface area contributed by atoms with Gasteiger partial charge in [0.05, 0.1) is 22.5 Å². The molecule has 10 rings (SSSR count). The van der Waals surface area contributed by atoms with E-state index in [1.165, 1.54) is 48.7 Å². The maximum Gasteiger partial charge on any atom is 0.160 e. The number of hydrogen-bond acceptors (Lipinski definition) is 4. The maximum absolute atomic E-state index is 5.02. The van der Waals surface area contributed by atoms with Crippen molar-refractivity contribution in [2.24, 2.45) is 0 Å². The highest BCUT2D eigenvalue weighted by Crippen LogP contribution is 2.62. The van der Waals surface area contributed by atoms with Gasteiger partial charge in [-0.25, -0.2) is 9.97 Å². The van der Waals surface area contributed by atoms with Crippen molar-refractivity contribution in [2.75, 3.05) is 0 Å². The Kier molecular flexibility index (Phi) is 6.64. The smallest absolute Gasteiger partial charge is 0.160 e. The lowest BCUT2D eigenvalue weighted by molar-refractivity contribution is 0.722. The minimum atomic E-state index is -0.362. The summed E-state index contributed by atoms with van der Waals surface area (Å²) < 4.78 is 0. The number of benzene rings is 6. The predicted molar refractivity (Wildman–Crippen MR) is 203 cm³/mol. The molecule has 0 amide bonds. The average molecular weight is 656 g/mol. The van der Waals surface area contributed by atoms with Crippen molar-refractivity contribution in [3.8, 4) is 56.3 Å². The first-order chi connectivity index (χ1) is 24.8. The highest BCUT2D eigenvalue weighted by atomic mass is 32.2. The van der Waals surface area contributed by atoms with Gasteiger partial charge in [0.25, 0.3) is 0 Å². The molecule has 1 aliphatic carbocycles. The molecule has 0 fully saturated rings. The highest BCUT2D eigenvalue weighted by molar-refractivity contribution is 7.99. The Hall–Kier alpha value is -6.10. The highest BCUT2D eigenvalue weighted by Gasteiger charge is 2.49. The number of aromatic nitrogens is 3. The van der Waals surface area contributed by atoms with Crippen molar-refractivity contribution in [3.63, 3.8) is 0 Å². The van der Waals surface area contributed by atoms with Crippen LogP contribution < -0.4 is 0 Å². The predicted octanol–water partition coefficient (Wildman–Crippen LogP) is 11.4. The van der Waals surface area contributed by atoms with Crippen LogP contribution in [0.2, 0.25) is 0 Å². The summed E-state index contributed by atoms with van der Waals surface area (Å²) in [5, 5.41) is 0. The summed E-state index contributed by atoms with van der Waals surface area (Å²) in [7, 11) is 0. The summed E-state index contributed by atoms with van der Waals surface area (Å²) >= 11 is 1.87. The summed E-state index contributed by atoms with van der Waals surface area (Å²) in [6, 6.07) is 60.7. The fraction of sp³-hybridized carbons (Fsp3) is 0.0217. The third kappa shape index (κ3) is 4.42. The third-order valence-electron chi connectivity index (χ3n) is 10.0. The Balaban J connectivity index is 1.08. The van der Waals surface area contributed by atoms with Gasteiger partial charge in [-0.15, -0.1) is 0 Å².